The Labute approximate surface area is 109 Å². The lowest BCUT2D eigenvalue weighted by atomic mass is 9.88. The van der Waals surface area contributed by atoms with E-state index in [0.717, 1.165) is 12.8 Å². The lowest BCUT2D eigenvalue weighted by Crippen LogP contribution is -2.45. The standard InChI is InChI=1S/C13H15NOS2/c15-10-7-9(8-10)14-13(11-3-1-5-16-11)12-4-2-6-17-12/h1-6,9-10,13-15H,7-8H2. The zero-order valence-electron chi connectivity index (χ0n) is 9.37. The van der Waals surface area contributed by atoms with Crippen molar-refractivity contribution in [2.24, 2.45) is 0 Å². The number of aliphatic hydroxyl groups is 1. The van der Waals surface area contributed by atoms with Gasteiger partial charge in [-0.1, -0.05) is 12.1 Å². The Kier molecular flexibility index (Phi) is 3.29. The summed E-state index contributed by atoms with van der Waals surface area (Å²) in [5.41, 5.74) is 0. The molecule has 3 rings (SSSR count). The molecular formula is C13H15NOS2. The topological polar surface area (TPSA) is 32.3 Å². The third kappa shape index (κ3) is 2.45. The molecule has 0 radical (unpaired) electrons. The van der Waals surface area contributed by atoms with Crippen LogP contribution in [-0.4, -0.2) is 17.3 Å². The van der Waals surface area contributed by atoms with Gasteiger partial charge in [-0.2, -0.15) is 0 Å². The van der Waals surface area contributed by atoms with E-state index in [9.17, 15) is 5.11 Å². The van der Waals surface area contributed by atoms with Gasteiger partial charge >= 0.3 is 0 Å². The highest BCUT2D eigenvalue weighted by molar-refractivity contribution is 7.11. The monoisotopic (exact) mass is 265 g/mol. The van der Waals surface area contributed by atoms with E-state index in [2.05, 4.69) is 40.3 Å². The van der Waals surface area contributed by atoms with Gasteiger partial charge in [-0.15, -0.1) is 22.7 Å². The second-order valence-corrected chi connectivity index (χ2v) is 6.41. The molecule has 0 bridgehead atoms. The van der Waals surface area contributed by atoms with E-state index in [1.165, 1.54) is 9.75 Å². The van der Waals surface area contributed by atoms with Gasteiger partial charge in [-0.25, -0.2) is 0 Å². The van der Waals surface area contributed by atoms with Crippen LogP contribution in [0.15, 0.2) is 35.0 Å². The predicted octanol–water partition coefficient (Wildman–Crippen LogP) is 3.01. The first kappa shape index (κ1) is 11.4. The smallest absolute Gasteiger partial charge is 0.0767 e. The fourth-order valence-electron chi connectivity index (χ4n) is 2.18. The Bertz CT molecular complexity index is 411. The van der Waals surface area contributed by atoms with Gasteiger partial charge in [0.25, 0.3) is 0 Å². The average Bonchev–Trinajstić information content (AvgIpc) is 2.95. The van der Waals surface area contributed by atoms with Gasteiger partial charge in [0.2, 0.25) is 0 Å². The lowest BCUT2D eigenvalue weighted by Gasteiger charge is -2.35. The van der Waals surface area contributed by atoms with Crippen molar-refractivity contribution in [3.8, 4) is 0 Å². The van der Waals surface area contributed by atoms with E-state index >= 15 is 0 Å². The molecule has 17 heavy (non-hydrogen) atoms. The van der Waals surface area contributed by atoms with Crippen molar-refractivity contribution < 1.29 is 5.11 Å². The number of thiophene rings is 2. The third-order valence-electron chi connectivity index (χ3n) is 3.17. The van der Waals surface area contributed by atoms with Crippen LogP contribution < -0.4 is 5.32 Å². The summed E-state index contributed by atoms with van der Waals surface area (Å²) in [6.45, 7) is 0. The Morgan fingerprint density at radius 3 is 2.12 bits per heavy atom. The van der Waals surface area contributed by atoms with E-state index in [-0.39, 0.29) is 6.10 Å². The maximum Gasteiger partial charge on any atom is 0.0767 e. The molecule has 2 N–H and O–H groups in total. The van der Waals surface area contributed by atoms with Gasteiger partial charge in [0.1, 0.15) is 0 Å². The summed E-state index contributed by atoms with van der Waals surface area (Å²) in [7, 11) is 0. The molecule has 0 atom stereocenters. The number of aliphatic hydroxyl groups excluding tert-OH is 1. The molecule has 90 valence electrons. The van der Waals surface area contributed by atoms with Crippen LogP contribution in [0.4, 0.5) is 0 Å². The van der Waals surface area contributed by atoms with Crippen molar-refractivity contribution in [3.05, 3.63) is 44.8 Å². The highest BCUT2D eigenvalue weighted by atomic mass is 32.1. The van der Waals surface area contributed by atoms with Crippen LogP contribution in [0.3, 0.4) is 0 Å². The Morgan fingerprint density at radius 1 is 1.12 bits per heavy atom. The molecule has 2 nitrogen and oxygen atoms in total. The van der Waals surface area contributed by atoms with Crippen LogP contribution >= 0.6 is 22.7 Å². The van der Waals surface area contributed by atoms with Crippen molar-refractivity contribution >= 4 is 22.7 Å². The molecule has 0 unspecified atom stereocenters. The summed E-state index contributed by atoms with van der Waals surface area (Å²) in [5, 5.41) is 17.2. The first-order valence-corrected chi connectivity index (χ1v) is 7.60. The van der Waals surface area contributed by atoms with E-state index in [1.54, 1.807) is 22.7 Å². The summed E-state index contributed by atoms with van der Waals surface area (Å²) in [6.07, 6.45) is 1.67. The zero-order valence-corrected chi connectivity index (χ0v) is 11.0. The normalized spacial score (nSPS) is 23.9. The molecule has 1 aliphatic rings. The number of hydrogen-bond acceptors (Lipinski definition) is 4. The largest absolute Gasteiger partial charge is 0.393 e. The van der Waals surface area contributed by atoms with Gasteiger partial charge in [0.05, 0.1) is 12.1 Å². The molecule has 1 saturated carbocycles. The summed E-state index contributed by atoms with van der Waals surface area (Å²) in [4.78, 5) is 2.71. The molecule has 2 aromatic heterocycles. The minimum absolute atomic E-state index is 0.0974. The van der Waals surface area contributed by atoms with E-state index < -0.39 is 0 Å². The minimum Gasteiger partial charge on any atom is -0.393 e. The minimum atomic E-state index is -0.0974. The predicted molar refractivity (Wildman–Crippen MR) is 72.6 cm³/mol. The molecule has 2 aromatic rings. The lowest BCUT2D eigenvalue weighted by molar-refractivity contribution is 0.0598. The molecule has 0 amide bonds. The first-order chi connectivity index (χ1) is 8.33. The van der Waals surface area contributed by atoms with Crippen LogP contribution in [-0.2, 0) is 0 Å². The van der Waals surface area contributed by atoms with Gasteiger partial charge in [0, 0.05) is 15.8 Å². The van der Waals surface area contributed by atoms with E-state index in [1.807, 2.05) is 0 Å². The van der Waals surface area contributed by atoms with Crippen LogP contribution in [0.25, 0.3) is 0 Å². The van der Waals surface area contributed by atoms with Gasteiger partial charge in [-0.05, 0) is 35.7 Å². The van der Waals surface area contributed by atoms with Crippen molar-refractivity contribution in [3.63, 3.8) is 0 Å². The summed E-state index contributed by atoms with van der Waals surface area (Å²) < 4.78 is 0. The second-order valence-electron chi connectivity index (χ2n) is 4.45. The Hall–Kier alpha value is -0.680. The molecule has 0 aromatic carbocycles. The third-order valence-corrected chi connectivity index (χ3v) is 5.05. The molecular weight excluding hydrogens is 250 g/mol. The fourth-order valence-corrected chi connectivity index (χ4v) is 3.85. The van der Waals surface area contributed by atoms with Crippen LogP contribution in [0.2, 0.25) is 0 Å². The molecule has 1 fully saturated rings. The van der Waals surface area contributed by atoms with Crippen molar-refractivity contribution in [2.45, 2.75) is 31.0 Å². The number of rotatable bonds is 4. The van der Waals surface area contributed by atoms with Crippen molar-refractivity contribution in [1.29, 1.82) is 0 Å². The summed E-state index contributed by atoms with van der Waals surface area (Å²) >= 11 is 3.58. The highest BCUT2D eigenvalue weighted by Crippen LogP contribution is 2.32. The quantitative estimate of drug-likeness (QED) is 0.890. The Balaban J connectivity index is 1.77. The highest BCUT2D eigenvalue weighted by Gasteiger charge is 2.30. The van der Waals surface area contributed by atoms with Crippen LogP contribution in [0, 0.1) is 0 Å². The van der Waals surface area contributed by atoms with Crippen LogP contribution in [0.5, 0.6) is 0 Å². The number of nitrogens with one attached hydrogen (secondary N) is 1. The molecule has 0 saturated heterocycles. The molecule has 0 aliphatic heterocycles. The summed E-state index contributed by atoms with van der Waals surface area (Å²) in [6, 6.07) is 9.30. The van der Waals surface area contributed by atoms with Crippen molar-refractivity contribution in [2.75, 3.05) is 0 Å². The SMILES string of the molecule is OC1CC(NC(c2cccs2)c2cccs2)C1. The first-order valence-electron chi connectivity index (χ1n) is 5.84. The maximum atomic E-state index is 9.36. The van der Waals surface area contributed by atoms with Gasteiger partial charge < -0.3 is 10.4 Å². The van der Waals surface area contributed by atoms with Gasteiger partial charge in [-0.3, -0.25) is 0 Å². The van der Waals surface area contributed by atoms with E-state index in [0.29, 0.717) is 12.1 Å². The zero-order chi connectivity index (χ0) is 11.7. The second kappa shape index (κ2) is 4.90. The summed E-state index contributed by atoms with van der Waals surface area (Å²) in [5.74, 6) is 0. The molecule has 1 aliphatic carbocycles. The average molecular weight is 265 g/mol. The molecule has 4 heteroatoms. The van der Waals surface area contributed by atoms with E-state index in [4.69, 9.17) is 0 Å². The molecule has 0 spiro atoms. The van der Waals surface area contributed by atoms with Crippen LogP contribution in [0.1, 0.15) is 28.6 Å². The number of hydrogen-bond donors (Lipinski definition) is 2. The molecule has 2 heterocycles. The maximum absolute atomic E-state index is 9.36. The van der Waals surface area contributed by atoms with Crippen molar-refractivity contribution in [1.82, 2.24) is 5.32 Å². The Morgan fingerprint density at radius 2 is 1.71 bits per heavy atom. The van der Waals surface area contributed by atoms with Gasteiger partial charge in [0.15, 0.2) is 0 Å². The fraction of sp³-hybridized carbons (Fsp3) is 0.385.